The van der Waals surface area contributed by atoms with E-state index in [2.05, 4.69) is 59.8 Å². The predicted octanol–water partition coefficient (Wildman–Crippen LogP) is 14.7. The van der Waals surface area contributed by atoms with Crippen LogP contribution in [0.3, 0.4) is 0 Å². The van der Waals surface area contributed by atoms with Crippen molar-refractivity contribution in [1.82, 2.24) is 79.4 Å². The molecule has 20 rings (SSSR count). The van der Waals surface area contributed by atoms with E-state index in [9.17, 15) is 32.3 Å². The zero-order valence-corrected chi connectivity index (χ0v) is 66.9. The van der Waals surface area contributed by atoms with Gasteiger partial charge >= 0.3 is 0 Å². The van der Waals surface area contributed by atoms with Gasteiger partial charge in [0.2, 0.25) is 29.4 Å². The van der Waals surface area contributed by atoms with Crippen molar-refractivity contribution in [3.05, 3.63) is 275 Å². The normalized spacial score (nSPS) is 22.4. The summed E-state index contributed by atoms with van der Waals surface area (Å²) in [4.78, 5) is 113. The number of ether oxygens (including phenoxy) is 4. The molecule has 4 saturated heterocycles. The van der Waals surface area contributed by atoms with E-state index in [0.717, 1.165) is 91.3 Å². The zero-order chi connectivity index (χ0) is 82.8. The molecule has 610 valence electrons. The summed E-state index contributed by atoms with van der Waals surface area (Å²) >= 11 is 0. The molecule has 25 nitrogen and oxygen atoms in total. The minimum absolute atomic E-state index is 0.0242. The maximum absolute atomic E-state index is 14.5. The Morgan fingerprint density at radius 1 is 0.342 bits per heavy atom. The van der Waals surface area contributed by atoms with Crippen molar-refractivity contribution in [3.8, 4) is 68.9 Å². The Morgan fingerprint density at radius 3 is 1.13 bits per heavy atom. The van der Waals surface area contributed by atoms with Gasteiger partial charge < -0.3 is 43.0 Å². The summed E-state index contributed by atoms with van der Waals surface area (Å²) in [5.74, 6) is 2.18. The van der Waals surface area contributed by atoms with Crippen LogP contribution in [0.25, 0.3) is 45.4 Å². The van der Waals surface area contributed by atoms with Gasteiger partial charge in [-0.1, -0.05) is 24.3 Å². The van der Waals surface area contributed by atoms with Gasteiger partial charge in [-0.3, -0.25) is 49.1 Å². The summed E-state index contributed by atoms with van der Waals surface area (Å²) in [5, 5.41) is 0. The van der Waals surface area contributed by atoms with Gasteiger partial charge in [0.25, 0.3) is 23.6 Å². The van der Waals surface area contributed by atoms with E-state index in [1.165, 1.54) is 61.3 Å². The second-order valence-electron chi connectivity index (χ2n) is 32.2. The Morgan fingerprint density at radius 2 is 0.717 bits per heavy atom. The number of halogens is 3. The molecule has 12 atom stereocenters. The quantitative estimate of drug-likeness (QED) is 0.0868. The first-order valence-corrected chi connectivity index (χ1v) is 40.5. The molecule has 120 heavy (non-hydrogen) atoms. The highest BCUT2D eigenvalue weighted by Gasteiger charge is 2.53. The highest BCUT2D eigenvalue weighted by atomic mass is 19.1. The number of carbonyl (C=O) groups is 4. The Bertz CT molecular complexity index is 5570. The second-order valence-corrected chi connectivity index (χ2v) is 32.2. The van der Waals surface area contributed by atoms with Gasteiger partial charge in [0, 0.05) is 130 Å². The number of nitrogens with zero attached hydrogens (tertiary/aromatic N) is 16. The van der Waals surface area contributed by atoms with E-state index >= 15 is 0 Å². The summed E-state index contributed by atoms with van der Waals surface area (Å²) in [6.45, 7) is 14.4. The molecule has 16 heterocycles. The molecule has 28 heteroatoms. The van der Waals surface area contributed by atoms with Gasteiger partial charge in [0.1, 0.15) is 82.2 Å². The van der Waals surface area contributed by atoms with Crippen molar-refractivity contribution in [2.75, 3.05) is 26.2 Å². The van der Waals surface area contributed by atoms with Crippen molar-refractivity contribution in [3.63, 3.8) is 0 Å². The number of aryl methyl sites for hydroxylation is 6. The van der Waals surface area contributed by atoms with Crippen molar-refractivity contribution in [2.45, 2.75) is 141 Å². The standard InChI is InChI=1S/C24H23FN4O2.2C23H21FN4O2.C22H22N4O3/c1-14-5-6-20(28-12-14)31-19-11-16-10-18(19)29(13-16)24(30)23-21(15(2)7-9-27-23)22-17(25)4-3-8-26-22;1-14-6-7-20(27-12-14)30-19-11-15-10-18(19)28(13-15)23(29)16-4-2-8-25-21(16)22-17(24)5-3-9-26-22;1-14-6-7-20(27-12-14)30-19-11-15-10-18(19)28(13-15)23(29)22-16(4-2-8-26-22)21-17(24)5-3-9-25-21;1-13-3-4-19(24-10-13)29-18-9-15-8-17(18)26(12-15)22(27)20-16(7-14(2)11-25-20)21-23-5-6-28-21/h3-9,12,16,18-19H,10-11,13H2,1-2H3;2*2-9,12,15,18-19H,10-11,13H2,1H3;3-7,10-11,15,17-18H,8-9,12H2,1-2H3. The average Bonchev–Trinajstić information content (AvgIpc) is 1.58. The minimum Gasteiger partial charge on any atom is -0.472 e. The lowest BCUT2D eigenvalue weighted by Crippen LogP contribution is -2.47. The number of oxazole rings is 1. The summed E-state index contributed by atoms with van der Waals surface area (Å²) in [6, 6.07) is 34.2. The molecular weight excluding hydrogens is 1530 g/mol. The molecule has 0 spiro atoms. The highest BCUT2D eigenvalue weighted by Crippen LogP contribution is 2.46. The Hall–Kier alpha value is -13.3. The average molecular weight is 1620 g/mol. The van der Waals surface area contributed by atoms with Crippen LogP contribution in [0.15, 0.2) is 206 Å². The number of pyridine rings is 11. The monoisotopic (exact) mass is 1620 g/mol. The van der Waals surface area contributed by atoms with Crippen LogP contribution in [-0.4, -0.2) is 178 Å². The largest absolute Gasteiger partial charge is 0.472 e. The number of hydrogen-bond donors (Lipinski definition) is 0. The van der Waals surface area contributed by atoms with Gasteiger partial charge in [0.15, 0.2) is 5.82 Å². The first-order chi connectivity index (χ1) is 58.3. The highest BCUT2D eigenvalue weighted by molar-refractivity contribution is 6.02. The SMILES string of the molecule is Cc1ccc(OC2CC3CC2N(C(=O)c2cccnc2-c2ncccc2F)C3)nc1.Cc1ccc(OC2CC3CC2N(C(=O)c2ncc(C)cc2-c2ncco2)C3)nc1.Cc1ccc(OC2CC3CC2N(C(=O)c2nccc(C)c2-c2ncccc2F)C3)nc1.Cc1ccc(OC2CC3CC2N(C(=O)c2ncccc2-c2ncccc2F)C3)nc1. The molecule has 4 saturated carbocycles. The maximum atomic E-state index is 14.5. The molecule has 8 bridgehead atoms. The lowest BCUT2D eigenvalue weighted by Gasteiger charge is -2.33. The fraction of sp³-hybridized carbons (Fsp3) is 0.326. The van der Waals surface area contributed by atoms with Gasteiger partial charge in [-0.2, -0.15) is 0 Å². The molecule has 4 amide bonds. The van der Waals surface area contributed by atoms with E-state index in [-0.39, 0.29) is 106 Å². The smallest absolute Gasteiger partial charge is 0.273 e. The topological polar surface area (TPSA) is 286 Å². The Labute approximate surface area is 691 Å². The molecular formula is C92H87F3N16O9. The van der Waals surface area contributed by atoms with E-state index < -0.39 is 17.5 Å². The summed E-state index contributed by atoms with van der Waals surface area (Å²) in [6.07, 6.45) is 28.0. The summed E-state index contributed by atoms with van der Waals surface area (Å²) < 4.78 is 73.1. The molecule has 12 unspecified atom stereocenters. The third-order valence-electron chi connectivity index (χ3n) is 23.7. The molecule has 4 aliphatic carbocycles. The van der Waals surface area contributed by atoms with Crippen molar-refractivity contribution < 1.29 is 55.7 Å². The van der Waals surface area contributed by atoms with Crippen LogP contribution < -0.4 is 18.9 Å². The molecule has 8 aliphatic rings. The van der Waals surface area contributed by atoms with E-state index in [0.29, 0.717) is 101 Å². The number of aromatic nitrogens is 12. The minimum atomic E-state index is -0.500. The van der Waals surface area contributed by atoms with Gasteiger partial charge in [-0.25, -0.2) is 43.1 Å². The lowest BCUT2D eigenvalue weighted by atomic mass is 10.0. The second kappa shape index (κ2) is 34.4. The number of rotatable bonds is 16. The Balaban J connectivity index is 0.000000114. The fourth-order valence-corrected chi connectivity index (χ4v) is 18.1. The van der Waals surface area contributed by atoms with Gasteiger partial charge in [-0.05, 0) is 223 Å². The van der Waals surface area contributed by atoms with E-state index in [1.807, 2.05) is 116 Å². The van der Waals surface area contributed by atoms with Crippen LogP contribution >= 0.6 is 0 Å². The van der Waals surface area contributed by atoms with Crippen molar-refractivity contribution in [2.24, 2.45) is 23.7 Å². The first kappa shape index (κ1) is 79.2. The van der Waals surface area contributed by atoms with Crippen LogP contribution in [0, 0.1) is 82.7 Å². The molecule has 0 radical (unpaired) electrons. The van der Waals surface area contributed by atoms with Crippen molar-refractivity contribution >= 4 is 23.6 Å². The van der Waals surface area contributed by atoms with Crippen LogP contribution in [0.2, 0.25) is 0 Å². The maximum Gasteiger partial charge on any atom is 0.273 e. The molecule has 4 aliphatic heterocycles. The Kier molecular flexibility index (Phi) is 22.7. The van der Waals surface area contributed by atoms with E-state index in [1.54, 1.807) is 86.1 Å². The number of likely N-dealkylation sites (tertiary alicyclic amines) is 4. The first-order valence-electron chi connectivity index (χ1n) is 40.5. The predicted molar refractivity (Wildman–Crippen MR) is 435 cm³/mol. The third kappa shape index (κ3) is 16.7. The number of amides is 4. The van der Waals surface area contributed by atoms with Crippen LogP contribution in [0.5, 0.6) is 23.5 Å². The number of carbonyl (C=O) groups excluding carboxylic acids is 4. The summed E-state index contributed by atoms with van der Waals surface area (Å²) in [5.41, 5.74) is 9.29. The molecule has 0 N–H and O–H groups in total. The van der Waals surface area contributed by atoms with E-state index in [4.69, 9.17) is 23.4 Å². The lowest BCUT2D eigenvalue weighted by molar-refractivity contribution is 0.0459. The molecule has 12 aromatic rings. The fourth-order valence-electron chi connectivity index (χ4n) is 18.1. The summed E-state index contributed by atoms with van der Waals surface area (Å²) in [7, 11) is 0. The van der Waals surface area contributed by atoms with Gasteiger partial charge in [0.05, 0.1) is 41.5 Å². The van der Waals surface area contributed by atoms with Crippen LogP contribution in [-0.2, 0) is 0 Å². The van der Waals surface area contributed by atoms with Crippen LogP contribution in [0.4, 0.5) is 13.2 Å². The van der Waals surface area contributed by atoms with Crippen LogP contribution in [0.1, 0.15) is 127 Å². The van der Waals surface area contributed by atoms with Crippen molar-refractivity contribution in [1.29, 1.82) is 0 Å². The molecule has 0 aromatic carbocycles. The third-order valence-corrected chi connectivity index (χ3v) is 23.7. The zero-order valence-electron chi connectivity index (χ0n) is 66.9. The number of fused-ring (bicyclic) bond motifs is 8. The number of hydrogen-bond acceptors (Lipinski definition) is 21. The molecule has 8 fully saturated rings. The molecule has 12 aromatic heterocycles. The number of piperidine rings is 4. The van der Waals surface area contributed by atoms with Gasteiger partial charge in [-0.15, -0.1) is 0 Å².